The maximum absolute atomic E-state index is 12.0. The SMILES string of the molecule is CCOC(=O)C(C)(C)c1csc(Nc2ccc(Cl)cc2)n1. The number of ether oxygens (including phenoxy) is 1. The Hall–Kier alpha value is -1.59. The van der Waals surface area contributed by atoms with Crippen molar-refractivity contribution in [1.82, 2.24) is 4.98 Å². The van der Waals surface area contributed by atoms with Gasteiger partial charge >= 0.3 is 5.97 Å². The topological polar surface area (TPSA) is 51.2 Å². The number of hydrogen-bond acceptors (Lipinski definition) is 5. The minimum atomic E-state index is -0.758. The number of carbonyl (C=O) groups is 1. The predicted molar refractivity (Wildman–Crippen MR) is 86.5 cm³/mol. The number of carbonyl (C=O) groups excluding carboxylic acids is 1. The van der Waals surface area contributed by atoms with Crippen LogP contribution < -0.4 is 5.32 Å². The van der Waals surface area contributed by atoms with Gasteiger partial charge < -0.3 is 10.1 Å². The van der Waals surface area contributed by atoms with Crippen molar-refractivity contribution in [1.29, 1.82) is 0 Å². The van der Waals surface area contributed by atoms with Gasteiger partial charge in [-0.1, -0.05) is 11.6 Å². The van der Waals surface area contributed by atoms with Gasteiger partial charge in [0.1, 0.15) is 5.41 Å². The number of rotatable bonds is 5. The number of thiazole rings is 1. The van der Waals surface area contributed by atoms with Crippen molar-refractivity contribution in [2.45, 2.75) is 26.2 Å². The van der Waals surface area contributed by atoms with Crippen LogP contribution in [-0.2, 0) is 14.9 Å². The van der Waals surface area contributed by atoms with Crippen LogP contribution in [0.2, 0.25) is 5.02 Å². The summed E-state index contributed by atoms with van der Waals surface area (Å²) < 4.78 is 5.09. The van der Waals surface area contributed by atoms with Crippen LogP contribution >= 0.6 is 22.9 Å². The van der Waals surface area contributed by atoms with Crippen LogP contribution in [0.3, 0.4) is 0 Å². The van der Waals surface area contributed by atoms with E-state index in [-0.39, 0.29) is 5.97 Å². The van der Waals surface area contributed by atoms with Crippen LogP contribution in [0, 0.1) is 0 Å². The molecule has 2 aromatic rings. The molecule has 1 aromatic heterocycles. The van der Waals surface area contributed by atoms with Crippen molar-refractivity contribution in [3.05, 3.63) is 40.4 Å². The third kappa shape index (κ3) is 3.74. The lowest BCUT2D eigenvalue weighted by atomic mass is 9.90. The predicted octanol–water partition coefficient (Wildman–Crippen LogP) is 4.38. The van der Waals surface area contributed by atoms with E-state index in [1.807, 2.05) is 31.4 Å². The molecule has 0 amide bonds. The summed E-state index contributed by atoms with van der Waals surface area (Å²) in [6, 6.07) is 7.36. The van der Waals surface area contributed by atoms with Gasteiger partial charge in [-0.05, 0) is 45.0 Å². The number of benzene rings is 1. The summed E-state index contributed by atoms with van der Waals surface area (Å²) in [5.41, 5.74) is 0.837. The van der Waals surface area contributed by atoms with E-state index in [4.69, 9.17) is 16.3 Å². The quantitative estimate of drug-likeness (QED) is 0.829. The van der Waals surface area contributed by atoms with Crippen molar-refractivity contribution in [2.24, 2.45) is 0 Å². The van der Waals surface area contributed by atoms with Crippen molar-refractivity contribution in [3.63, 3.8) is 0 Å². The normalized spacial score (nSPS) is 11.2. The number of esters is 1. The molecule has 0 spiro atoms. The van der Waals surface area contributed by atoms with Gasteiger partial charge in [0.05, 0.1) is 12.3 Å². The molecule has 0 bridgehead atoms. The zero-order chi connectivity index (χ0) is 15.5. The van der Waals surface area contributed by atoms with E-state index in [0.29, 0.717) is 17.3 Å². The lowest BCUT2D eigenvalue weighted by Gasteiger charge is -2.19. The molecule has 0 saturated carbocycles. The molecule has 21 heavy (non-hydrogen) atoms. The van der Waals surface area contributed by atoms with Gasteiger partial charge in [-0.15, -0.1) is 11.3 Å². The summed E-state index contributed by atoms with van der Waals surface area (Å²) in [6.07, 6.45) is 0. The van der Waals surface area contributed by atoms with Gasteiger partial charge in [-0.3, -0.25) is 4.79 Å². The lowest BCUT2D eigenvalue weighted by molar-refractivity contribution is -0.148. The molecule has 0 unspecified atom stereocenters. The van der Waals surface area contributed by atoms with Crippen molar-refractivity contribution >= 4 is 39.7 Å². The third-order valence-electron chi connectivity index (χ3n) is 3.03. The zero-order valence-electron chi connectivity index (χ0n) is 12.1. The van der Waals surface area contributed by atoms with E-state index in [0.717, 1.165) is 10.8 Å². The molecule has 1 aromatic carbocycles. The zero-order valence-corrected chi connectivity index (χ0v) is 13.7. The first-order valence-corrected chi connectivity index (χ1v) is 7.85. The third-order valence-corrected chi connectivity index (χ3v) is 4.04. The van der Waals surface area contributed by atoms with Gasteiger partial charge in [-0.25, -0.2) is 4.98 Å². The van der Waals surface area contributed by atoms with E-state index in [1.165, 1.54) is 11.3 Å². The number of nitrogens with zero attached hydrogens (tertiary/aromatic N) is 1. The maximum Gasteiger partial charge on any atom is 0.317 e. The maximum atomic E-state index is 12.0. The number of nitrogens with one attached hydrogen (secondary N) is 1. The molecule has 0 aliphatic carbocycles. The Morgan fingerprint density at radius 3 is 2.67 bits per heavy atom. The van der Waals surface area contributed by atoms with Gasteiger partial charge in [-0.2, -0.15) is 0 Å². The highest BCUT2D eigenvalue weighted by atomic mass is 35.5. The molecule has 6 heteroatoms. The van der Waals surface area contributed by atoms with Gasteiger partial charge in [0.15, 0.2) is 5.13 Å². The number of anilines is 2. The first kappa shape index (κ1) is 15.8. The molecule has 1 heterocycles. The van der Waals surface area contributed by atoms with E-state index in [1.54, 1.807) is 19.1 Å². The first-order valence-electron chi connectivity index (χ1n) is 6.59. The molecule has 0 saturated heterocycles. The van der Waals surface area contributed by atoms with Crippen LogP contribution in [0.25, 0.3) is 0 Å². The summed E-state index contributed by atoms with van der Waals surface area (Å²) in [5, 5.41) is 6.47. The second-order valence-corrected chi connectivity index (χ2v) is 6.31. The largest absolute Gasteiger partial charge is 0.465 e. The highest BCUT2D eigenvalue weighted by Crippen LogP contribution is 2.30. The van der Waals surface area contributed by atoms with Crippen molar-refractivity contribution in [3.8, 4) is 0 Å². The van der Waals surface area contributed by atoms with Gasteiger partial charge in [0.25, 0.3) is 0 Å². The Bertz CT molecular complexity index is 623. The molecule has 1 N–H and O–H groups in total. The number of aromatic nitrogens is 1. The molecule has 0 fully saturated rings. The molecule has 0 aliphatic rings. The van der Waals surface area contributed by atoms with Crippen LogP contribution in [0.15, 0.2) is 29.6 Å². The number of hydrogen-bond donors (Lipinski definition) is 1. The number of halogens is 1. The minimum Gasteiger partial charge on any atom is -0.465 e. The van der Waals surface area contributed by atoms with Crippen LogP contribution in [0.5, 0.6) is 0 Å². The standard InChI is InChI=1S/C15H17ClN2O2S/c1-4-20-13(19)15(2,3)12-9-21-14(18-12)17-11-7-5-10(16)6-8-11/h5-9H,4H2,1-3H3,(H,17,18). The average Bonchev–Trinajstić information content (AvgIpc) is 2.91. The minimum absolute atomic E-state index is 0.270. The Kier molecular flexibility index (Phi) is 4.85. The Labute approximate surface area is 133 Å². The highest BCUT2D eigenvalue weighted by Gasteiger charge is 2.33. The second kappa shape index (κ2) is 6.45. The first-order chi connectivity index (χ1) is 9.93. The molecule has 0 atom stereocenters. The summed E-state index contributed by atoms with van der Waals surface area (Å²) in [7, 11) is 0. The van der Waals surface area contributed by atoms with Crippen molar-refractivity contribution < 1.29 is 9.53 Å². The summed E-state index contributed by atoms with van der Waals surface area (Å²) in [4.78, 5) is 16.5. The van der Waals surface area contributed by atoms with Crippen LogP contribution in [0.1, 0.15) is 26.5 Å². The van der Waals surface area contributed by atoms with Crippen LogP contribution in [0.4, 0.5) is 10.8 Å². The summed E-state index contributed by atoms with van der Waals surface area (Å²) in [5.74, 6) is -0.270. The fourth-order valence-electron chi connectivity index (χ4n) is 1.69. The molecular formula is C15H17ClN2O2S. The molecule has 0 aliphatic heterocycles. The lowest BCUT2D eigenvalue weighted by Crippen LogP contribution is -2.31. The highest BCUT2D eigenvalue weighted by molar-refractivity contribution is 7.13. The van der Waals surface area contributed by atoms with Crippen molar-refractivity contribution in [2.75, 3.05) is 11.9 Å². The molecule has 2 rings (SSSR count). The smallest absolute Gasteiger partial charge is 0.317 e. The molecule has 0 radical (unpaired) electrons. The van der Waals surface area contributed by atoms with Gasteiger partial charge in [0.2, 0.25) is 0 Å². The Balaban J connectivity index is 2.14. The van der Waals surface area contributed by atoms with E-state index in [2.05, 4.69) is 10.3 Å². The second-order valence-electron chi connectivity index (χ2n) is 5.02. The van der Waals surface area contributed by atoms with Crippen LogP contribution in [-0.4, -0.2) is 17.6 Å². The fourth-order valence-corrected chi connectivity index (χ4v) is 2.72. The fraction of sp³-hybridized carbons (Fsp3) is 0.333. The van der Waals surface area contributed by atoms with Gasteiger partial charge in [0, 0.05) is 16.1 Å². The summed E-state index contributed by atoms with van der Waals surface area (Å²) >= 11 is 7.30. The molecular weight excluding hydrogens is 308 g/mol. The monoisotopic (exact) mass is 324 g/mol. The Morgan fingerprint density at radius 2 is 2.05 bits per heavy atom. The van der Waals surface area contributed by atoms with E-state index < -0.39 is 5.41 Å². The summed E-state index contributed by atoms with van der Waals surface area (Å²) in [6.45, 7) is 5.78. The Morgan fingerprint density at radius 1 is 1.38 bits per heavy atom. The average molecular weight is 325 g/mol. The van der Waals surface area contributed by atoms with E-state index >= 15 is 0 Å². The van der Waals surface area contributed by atoms with E-state index in [9.17, 15) is 4.79 Å². The molecule has 112 valence electrons. The molecule has 4 nitrogen and oxygen atoms in total.